The summed E-state index contributed by atoms with van der Waals surface area (Å²) < 4.78 is 51.4. The molecule has 0 N–H and O–H groups in total. The molecule has 0 radical (unpaired) electrons. The number of carbonyl (C=O) groups excluding carboxylic acids is 1. The first-order valence-electron chi connectivity index (χ1n) is 8.72. The first-order chi connectivity index (χ1) is 12.8. The number of hydrogen-bond acceptors (Lipinski definition) is 5. The van der Waals surface area contributed by atoms with Gasteiger partial charge in [0.15, 0.2) is 15.6 Å². The Labute approximate surface area is 159 Å². The molecule has 1 saturated heterocycles. The molecule has 1 aliphatic rings. The molecule has 0 unspecified atom stereocenters. The van der Waals surface area contributed by atoms with Gasteiger partial charge in [-0.05, 0) is 37.1 Å². The number of hydrogen-bond donors (Lipinski definition) is 0. The summed E-state index contributed by atoms with van der Waals surface area (Å²) in [6.45, 7) is 0.997. The van der Waals surface area contributed by atoms with Gasteiger partial charge in [0.05, 0.1) is 9.79 Å². The molecule has 0 bridgehead atoms. The van der Waals surface area contributed by atoms with E-state index in [1.807, 2.05) is 0 Å². The molecule has 0 atom stereocenters. The molecule has 0 amide bonds. The van der Waals surface area contributed by atoms with Gasteiger partial charge in [-0.3, -0.25) is 4.79 Å². The molecule has 0 aromatic heterocycles. The molecule has 3 rings (SSSR count). The number of nitrogens with zero attached hydrogens (tertiary/aromatic N) is 1. The number of sulfonamides is 1. The van der Waals surface area contributed by atoms with Crippen molar-refractivity contribution < 1.29 is 21.6 Å². The zero-order chi connectivity index (χ0) is 19.5. The van der Waals surface area contributed by atoms with E-state index in [-0.39, 0.29) is 15.4 Å². The highest BCUT2D eigenvalue weighted by Crippen LogP contribution is 2.21. The van der Waals surface area contributed by atoms with Crippen LogP contribution in [-0.2, 0) is 19.9 Å². The van der Waals surface area contributed by atoms with Gasteiger partial charge in [0, 0.05) is 18.7 Å². The van der Waals surface area contributed by atoms with Crippen LogP contribution in [0.3, 0.4) is 0 Å². The standard InChI is InChI=1S/C19H21NO5S2/c21-19(15-26(22,23)17-7-3-1-4-8-17)16-9-11-18(12-10-16)27(24,25)20-13-5-2-6-14-20/h1,3-4,7-12H,2,5-6,13-15H2. The fraction of sp³-hybridized carbons (Fsp3) is 0.316. The van der Waals surface area contributed by atoms with E-state index < -0.39 is 31.4 Å². The predicted octanol–water partition coefficient (Wildman–Crippen LogP) is 2.52. The summed E-state index contributed by atoms with van der Waals surface area (Å²) in [6, 6.07) is 13.3. The molecule has 0 saturated carbocycles. The van der Waals surface area contributed by atoms with Crippen molar-refractivity contribution in [1.82, 2.24) is 4.31 Å². The minimum absolute atomic E-state index is 0.0858. The quantitative estimate of drug-likeness (QED) is 0.687. The fourth-order valence-corrected chi connectivity index (χ4v) is 5.80. The molecule has 27 heavy (non-hydrogen) atoms. The van der Waals surface area contributed by atoms with Gasteiger partial charge in [-0.2, -0.15) is 4.31 Å². The van der Waals surface area contributed by atoms with Gasteiger partial charge in [-0.15, -0.1) is 0 Å². The zero-order valence-corrected chi connectivity index (χ0v) is 16.4. The molecule has 6 nitrogen and oxygen atoms in total. The van der Waals surface area contributed by atoms with Gasteiger partial charge in [-0.1, -0.05) is 36.8 Å². The summed E-state index contributed by atoms with van der Waals surface area (Å²) in [5.74, 6) is -1.23. The summed E-state index contributed by atoms with van der Waals surface area (Å²) in [7, 11) is -7.32. The monoisotopic (exact) mass is 407 g/mol. The van der Waals surface area contributed by atoms with E-state index in [0.29, 0.717) is 13.1 Å². The molecular formula is C19H21NO5S2. The van der Waals surface area contributed by atoms with Gasteiger partial charge in [0.25, 0.3) is 0 Å². The molecule has 0 aliphatic carbocycles. The van der Waals surface area contributed by atoms with Crippen LogP contribution in [0.15, 0.2) is 64.4 Å². The summed E-state index contributed by atoms with van der Waals surface area (Å²) in [6.07, 6.45) is 2.70. The van der Waals surface area contributed by atoms with Crippen LogP contribution in [-0.4, -0.2) is 45.8 Å². The molecule has 1 fully saturated rings. The van der Waals surface area contributed by atoms with Crippen molar-refractivity contribution in [2.75, 3.05) is 18.8 Å². The Morgan fingerprint density at radius 3 is 1.96 bits per heavy atom. The Balaban J connectivity index is 1.76. The molecule has 1 heterocycles. The second-order valence-electron chi connectivity index (χ2n) is 6.48. The second kappa shape index (κ2) is 7.92. The summed E-state index contributed by atoms with van der Waals surface area (Å²) in [5.41, 5.74) is 0.173. The molecule has 2 aromatic rings. The number of rotatable bonds is 6. The lowest BCUT2D eigenvalue weighted by Crippen LogP contribution is -2.35. The summed E-state index contributed by atoms with van der Waals surface area (Å²) in [4.78, 5) is 12.6. The maximum atomic E-state index is 12.6. The normalized spacial score (nSPS) is 16.1. The maximum Gasteiger partial charge on any atom is 0.243 e. The summed E-state index contributed by atoms with van der Waals surface area (Å²) in [5, 5.41) is 0. The lowest BCUT2D eigenvalue weighted by molar-refractivity contribution is 0.102. The molecule has 1 aliphatic heterocycles. The number of ketones is 1. The first-order valence-corrected chi connectivity index (χ1v) is 11.8. The van der Waals surface area contributed by atoms with Gasteiger partial charge >= 0.3 is 0 Å². The maximum absolute atomic E-state index is 12.6. The van der Waals surface area contributed by atoms with E-state index in [9.17, 15) is 21.6 Å². The SMILES string of the molecule is O=C(CS(=O)(=O)c1ccccc1)c1ccc(S(=O)(=O)N2CCCCC2)cc1. The molecule has 2 aromatic carbocycles. The van der Waals surface area contributed by atoms with Crippen LogP contribution >= 0.6 is 0 Å². The van der Waals surface area contributed by atoms with Gasteiger partial charge in [0.1, 0.15) is 5.75 Å². The van der Waals surface area contributed by atoms with Crippen molar-refractivity contribution in [3.05, 3.63) is 60.2 Å². The number of carbonyl (C=O) groups is 1. The van der Waals surface area contributed by atoms with Crippen LogP contribution in [0, 0.1) is 0 Å². The third kappa shape index (κ3) is 4.45. The minimum Gasteiger partial charge on any atom is -0.293 e. The lowest BCUT2D eigenvalue weighted by atomic mass is 10.1. The van der Waals surface area contributed by atoms with Crippen molar-refractivity contribution in [1.29, 1.82) is 0 Å². The predicted molar refractivity (Wildman–Crippen MR) is 102 cm³/mol. The van der Waals surface area contributed by atoms with E-state index in [0.717, 1.165) is 19.3 Å². The van der Waals surface area contributed by atoms with Crippen LogP contribution < -0.4 is 0 Å². The lowest BCUT2D eigenvalue weighted by Gasteiger charge is -2.25. The highest BCUT2D eigenvalue weighted by molar-refractivity contribution is 7.92. The van der Waals surface area contributed by atoms with Crippen molar-refractivity contribution >= 4 is 25.6 Å². The van der Waals surface area contributed by atoms with Crippen LogP contribution in [0.1, 0.15) is 29.6 Å². The van der Waals surface area contributed by atoms with E-state index in [1.165, 1.54) is 40.7 Å². The molecule has 8 heteroatoms. The van der Waals surface area contributed by atoms with E-state index in [4.69, 9.17) is 0 Å². The third-order valence-electron chi connectivity index (χ3n) is 4.55. The van der Waals surface area contributed by atoms with E-state index in [1.54, 1.807) is 18.2 Å². The third-order valence-corrected chi connectivity index (χ3v) is 8.10. The van der Waals surface area contributed by atoms with Crippen molar-refractivity contribution in [3.8, 4) is 0 Å². The van der Waals surface area contributed by atoms with Crippen LogP contribution in [0.25, 0.3) is 0 Å². The summed E-state index contributed by atoms with van der Waals surface area (Å²) >= 11 is 0. The van der Waals surface area contributed by atoms with Crippen molar-refractivity contribution in [2.24, 2.45) is 0 Å². The average Bonchev–Trinajstić information content (AvgIpc) is 2.69. The van der Waals surface area contributed by atoms with Crippen molar-refractivity contribution in [2.45, 2.75) is 29.1 Å². The molecular weight excluding hydrogens is 386 g/mol. The topological polar surface area (TPSA) is 88.6 Å². The van der Waals surface area contributed by atoms with Gasteiger partial charge in [0.2, 0.25) is 10.0 Å². The largest absolute Gasteiger partial charge is 0.293 e. The zero-order valence-electron chi connectivity index (χ0n) is 14.7. The highest BCUT2D eigenvalue weighted by Gasteiger charge is 2.26. The fourth-order valence-electron chi connectivity index (χ4n) is 3.03. The number of piperidine rings is 1. The number of sulfone groups is 1. The van der Waals surface area contributed by atoms with E-state index >= 15 is 0 Å². The Hall–Kier alpha value is -2.03. The first kappa shape index (κ1) is 19.7. The molecule has 0 spiro atoms. The Morgan fingerprint density at radius 1 is 0.778 bits per heavy atom. The Bertz CT molecular complexity index is 1010. The average molecular weight is 408 g/mol. The minimum atomic E-state index is -3.74. The number of benzene rings is 2. The number of Topliss-reactive ketones (excluding diaryl/α,β-unsaturated/α-hetero) is 1. The Morgan fingerprint density at radius 2 is 1.37 bits per heavy atom. The van der Waals surface area contributed by atoms with Gasteiger partial charge in [-0.25, -0.2) is 16.8 Å². The van der Waals surface area contributed by atoms with Crippen LogP contribution in [0.4, 0.5) is 0 Å². The Kier molecular flexibility index (Phi) is 5.78. The van der Waals surface area contributed by atoms with E-state index in [2.05, 4.69) is 0 Å². The second-order valence-corrected chi connectivity index (χ2v) is 10.4. The van der Waals surface area contributed by atoms with Crippen molar-refractivity contribution in [3.63, 3.8) is 0 Å². The smallest absolute Gasteiger partial charge is 0.243 e. The molecule has 144 valence electrons. The van der Waals surface area contributed by atoms with Crippen LogP contribution in [0.5, 0.6) is 0 Å². The van der Waals surface area contributed by atoms with Crippen LogP contribution in [0.2, 0.25) is 0 Å². The van der Waals surface area contributed by atoms with Gasteiger partial charge < -0.3 is 0 Å². The highest BCUT2D eigenvalue weighted by atomic mass is 32.2.